The Morgan fingerprint density at radius 2 is 1.62 bits per heavy atom. The maximum Gasteiger partial charge on any atom is 0.310 e. The molecule has 0 spiro atoms. The third-order valence-electron chi connectivity index (χ3n) is 13.2. The highest BCUT2D eigenvalue weighted by Crippen LogP contribution is 2.75. The SMILES string of the molecule is CC1(C)CC[C@]2(C(=O)O)CCC3(C)C(=CCC4[C@@]5(C)CCC(O)[C@@](C)(CO)C5CC[C@]43C)C2C1. The summed E-state index contributed by atoms with van der Waals surface area (Å²) in [5.74, 6) is 0.395. The molecule has 0 bridgehead atoms. The van der Waals surface area contributed by atoms with Crippen molar-refractivity contribution in [3.05, 3.63) is 11.6 Å². The Kier molecular flexibility index (Phi) is 5.36. The van der Waals surface area contributed by atoms with Crippen LogP contribution in [0, 0.1) is 50.2 Å². The number of aliphatic hydroxyl groups excluding tert-OH is 2. The van der Waals surface area contributed by atoms with E-state index in [1.807, 2.05) is 0 Å². The van der Waals surface area contributed by atoms with E-state index >= 15 is 0 Å². The minimum Gasteiger partial charge on any atom is -0.481 e. The Morgan fingerprint density at radius 1 is 0.941 bits per heavy atom. The number of fused-ring (bicyclic) bond motifs is 7. The zero-order valence-corrected chi connectivity index (χ0v) is 22.4. The molecule has 0 saturated heterocycles. The van der Waals surface area contributed by atoms with Crippen LogP contribution in [0.4, 0.5) is 0 Å². The molecule has 9 atom stereocenters. The first kappa shape index (κ1) is 24.8. The molecule has 4 heteroatoms. The van der Waals surface area contributed by atoms with Crippen LogP contribution in [0.2, 0.25) is 0 Å². The molecule has 5 aliphatic rings. The first-order valence-corrected chi connectivity index (χ1v) is 13.9. The fourth-order valence-electron chi connectivity index (χ4n) is 10.7. The monoisotopic (exact) mass is 472 g/mol. The molecule has 0 aliphatic heterocycles. The lowest BCUT2D eigenvalue weighted by molar-refractivity contribution is -0.216. The molecule has 34 heavy (non-hydrogen) atoms. The van der Waals surface area contributed by atoms with Crippen molar-refractivity contribution in [1.29, 1.82) is 0 Å². The topological polar surface area (TPSA) is 77.8 Å². The molecule has 0 aromatic heterocycles. The van der Waals surface area contributed by atoms with Gasteiger partial charge in [-0.1, -0.05) is 53.2 Å². The van der Waals surface area contributed by atoms with E-state index in [-0.39, 0.29) is 34.2 Å². The lowest BCUT2D eigenvalue weighted by Crippen LogP contribution is -2.65. The molecular weight excluding hydrogens is 424 g/mol. The average Bonchev–Trinajstić information content (AvgIpc) is 2.76. The van der Waals surface area contributed by atoms with Crippen LogP contribution in [-0.2, 0) is 4.79 Å². The lowest BCUT2D eigenvalue weighted by Gasteiger charge is -2.71. The highest BCUT2D eigenvalue weighted by molar-refractivity contribution is 5.76. The zero-order chi connectivity index (χ0) is 24.9. The zero-order valence-electron chi connectivity index (χ0n) is 22.4. The summed E-state index contributed by atoms with van der Waals surface area (Å²) in [6, 6.07) is 0. The van der Waals surface area contributed by atoms with Gasteiger partial charge in [0.1, 0.15) is 0 Å². The molecule has 5 rings (SSSR count). The van der Waals surface area contributed by atoms with E-state index in [0.717, 1.165) is 64.2 Å². The normalized spacial score (nSPS) is 54.1. The molecule has 0 heterocycles. The first-order valence-electron chi connectivity index (χ1n) is 13.9. The second kappa shape index (κ2) is 7.34. The maximum absolute atomic E-state index is 12.8. The van der Waals surface area contributed by atoms with Crippen LogP contribution in [0.25, 0.3) is 0 Å². The smallest absolute Gasteiger partial charge is 0.310 e. The van der Waals surface area contributed by atoms with Gasteiger partial charge in [0.2, 0.25) is 0 Å². The van der Waals surface area contributed by atoms with Crippen molar-refractivity contribution >= 4 is 5.97 Å². The van der Waals surface area contributed by atoms with E-state index in [0.29, 0.717) is 11.8 Å². The molecule has 5 unspecified atom stereocenters. The number of aliphatic carboxylic acids is 1. The maximum atomic E-state index is 12.8. The van der Waals surface area contributed by atoms with Gasteiger partial charge in [-0.3, -0.25) is 4.79 Å². The van der Waals surface area contributed by atoms with Gasteiger partial charge in [-0.25, -0.2) is 0 Å². The van der Waals surface area contributed by atoms with Crippen LogP contribution >= 0.6 is 0 Å². The van der Waals surface area contributed by atoms with Crippen molar-refractivity contribution < 1.29 is 20.1 Å². The van der Waals surface area contributed by atoms with Crippen LogP contribution in [0.3, 0.4) is 0 Å². The van der Waals surface area contributed by atoms with E-state index in [4.69, 9.17) is 0 Å². The van der Waals surface area contributed by atoms with Gasteiger partial charge in [0, 0.05) is 5.41 Å². The third-order valence-corrected chi connectivity index (χ3v) is 13.2. The number of carboxylic acid groups (broad SMARTS) is 1. The summed E-state index contributed by atoms with van der Waals surface area (Å²) < 4.78 is 0. The van der Waals surface area contributed by atoms with Gasteiger partial charge in [0.15, 0.2) is 0 Å². The molecule has 0 aromatic carbocycles. The second-order valence-corrected chi connectivity index (χ2v) is 14.9. The molecular formula is C30H48O4. The van der Waals surface area contributed by atoms with Crippen molar-refractivity contribution in [2.24, 2.45) is 50.2 Å². The summed E-state index contributed by atoms with van der Waals surface area (Å²) in [6.07, 6.45) is 11.6. The van der Waals surface area contributed by atoms with Crippen molar-refractivity contribution in [2.45, 2.75) is 112 Å². The minimum atomic E-state index is -0.588. The Morgan fingerprint density at radius 3 is 2.26 bits per heavy atom. The number of hydrogen-bond acceptors (Lipinski definition) is 3. The molecule has 4 nitrogen and oxygen atoms in total. The quantitative estimate of drug-likeness (QED) is 0.418. The van der Waals surface area contributed by atoms with Crippen LogP contribution < -0.4 is 0 Å². The Bertz CT molecular complexity index is 907. The molecule has 4 fully saturated rings. The van der Waals surface area contributed by atoms with Crippen molar-refractivity contribution in [2.75, 3.05) is 6.61 Å². The first-order chi connectivity index (χ1) is 15.7. The molecule has 0 amide bonds. The van der Waals surface area contributed by atoms with Gasteiger partial charge in [-0.05, 0) is 104 Å². The summed E-state index contributed by atoms with van der Waals surface area (Å²) in [5.41, 5.74) is 0.858. The van der Waals surface area contributed by atoms with E-state index in [2.05, 4.69) is 47.6 Å². The number of allylic oxidation sites excluding steroid dienone is 2. The average molecular weight is 473 g/mol. The second-order valence-electron chi connectivity index (χ2n) is 14.9. The van der Waals surface area contributed by atoms with Crippen molar-refractivity contribution in [1.82, 2.24) is 0 Å². The van der Waals surface area contributed by atoms with Crippen LogP contribution in [0.5, 0.6) is 0 Å². The minimum absolute atomic E-state index is 0.0204. The summed E-state index contributed by atoms with van der Waals surface area (Å²) >= 11 is 0. The molecule has 4 saturated carbocycles. The van der Waals surface area contributed by atoms with E-state index in [1.165, 1.54) is 5.57 Å². The number of aliphatic hydroxyl groups is 2. The molecule has 5 aliphatic carbocycles. The fraction of sp³-hybridized carbons (Fsp3) is 0.900. The number of carbonyl (C=O) groups is 1. The molecule has 0 aromatic rings. The van der Waals surface area contributed by atoms with Crippen molar-refractivity contribution in [3.8, 4) is 0 Å². The van der Waals surface area contributed by atoms with Crippen LogP contribution in [0.15, 0.2) is 11.6 Å². The Hall–Kier alpha value is -0.870. The van der Waals surface area contributed by atoms with E-state index in [9.17, 15) is 20.1 Å². The Balaban J connectivity index is 1.60. The summed E-state index contributed by atoms with van der Waals surface area (Å²) in [6.45, 7) is 14.3. The highest BCUT2D eigenvalue weighted by atomic mass is 16.4. The highest BCUT2D eigenvalue weighted by Gasteiger charge is 2.69. The van der Waals surface area contributed by atoms with Crippen LogP contribution in [-0.4, -0.2) is 34.0 Å². The van der Waals surface area contributed by atoms with Crippen molar-refractivity contribution in [3.63, 3.8) is 0 Å². The predicted octanol–water partition coefficient (Wildman–Crippen LogP) is 6.21. The van der Waals surface area contributed by atoms with Gasteiger partial charge in [0.05, 0.1) is 18.1 Å². The summed E-state index contributed by atoms with van der Waals surface area (Å²) in [5, 5.41) is 31.8. The Labute approximate surface area is 206 Å². The standard InChI is InChI=1S/C30H48O4/c1-25(2)13-15-30(24(33)34)16-14-28(5)19(20(30)17-25)7-8-22-26(3)11-10-23(32)27(4,18-31)21(26)9-12-29(22,28)6/h7,20-23,31-32H,8-18H2,1-6H3,(H,33,34)/t20?,21?,22?,23?,26-,27-,28?,29+,30-/m0/s1. The van der Waals surface area contributed by atoms with Gasteiger partial charge >= 0.3 is 5.97 Å². The summed E-state index contributed by atoms with van der Waals surface area (Å²) in [7, 11) is 0. The summed E-state index contributed by atoms with van der Waals surface area (Å²) in [4.78, 5) is 12.8. The van der Waals surface area contributed by atoms with Gasteiger partial charge in [0.25, 0.3) is 0 Å². The fourth-order valence-corrected chi connectivity index (χ4v) is 10.7. The van der Waals surface area contributed by atoms with E-state index in [1.54, 1.807) is 0 Å². The largest absolute Gasteiger partial charge is 0.481 e. The number of carboxylic acids is 1. The number of rotatable bonds is 2. The molecule has 192 valence electrons. The predicted molar refractivity (Wildman–Crippen MR) is 134 cm³/mol. The molecule has 0 radical (unpaired) electrons. The van der Waals surface area contributed by atoms with Gasteiger partial charge < -0.3 is 15.3 Å². The van der Waals surface area contributed by atoms with Gasteiger partial charge in [-0.2, -0.15) is 0 Å². The lowest BCUT2D eigenvalue weighted by atomic mass is 9.33. The van der Waals surface area contributed by atoms with E-state index < -0.39 is 22.9 Å². The number of hydrogen-bond donors (Lipinski definition) is 3. The van der Waals surface area contributed by atoms with Gasteiger partial charge in [-0.15, -0.1) is 0 Å². The third kappa shape index (κ3) is 2.88. The van der Waals surface area contributed by atoms with Crippen LogP contribution in [0.1, 0.15) is 106 Å². The molecule has 3 N–H and O–H groups in total.